The van der Waals surface area contributed by atoms with E-state index in [0.717, 1.165) is 24.2 Å². The van der Waals surface area contributed by atoms with Gasteiger partial charge in [0.2, 0.25) is 65.0 Å². The maximum Gasteiger partial charge on any atom is 0.245 e. The number of carbonyl (C=O) groups is 12. The first kappa shape index (κ1) is 57.1. The Morgan fingerprint density at radius 3 is 2.11 bits per heavy atom. The van der Waals surface area contributed by atoms with Gasteiger partial charge in [0.15, 0.2) is 0 Å². The molecule has 0 radical (unpaired) electrons. The number of phenols is 1. The van der Waals surface area contributed by atoms with Gasteiger partial charge in [-0.2, -0.15) is 0 Å². The van der Waals surface area contributed by atoms with Gasteiger partial charge >= 0.3 is 0 Å². The second-order valence-electron chi connectivity index (χ2n) is 17.9. The van der Waals surface area contributed by atoms with Crippen LogP contribution in [0.4, 0.5) is 0 Å². The smallest absolute Gasteiger partial charge is 0.245 e. The molecular formula is C45H68N12O13. The molecule has 386 valence electrons. The lowest BCUT2D eigenvalue weighted by Gasteiger charge is -2.34. The second-order valence-corrected chi connectivity index (χ2v) is 17.9. The van der Waals surface area contributed by atoms with Crippen LogP contribution in [0.2, 0.25) is 0 Å². The molecule has 2 aliphatic rings. The number of aromatic hydroxyl groups is 1. The zero-order chi connectivity index (χ0) is 52.1. The molecule has 11 amide bonds. The summed E-state index contributed by atoms with van der Waals surface area (Å²) in [4.78, 5) is 160. The van der Waals surface area contributed by atoms with Crippen molar-refractivity contribution in [1.82, 2.24) is 47.4 Å². The van der Waals surface area contributed by atoms with Gasteiger partial charge in [0.1, 0.15) is 41.7 Å². The van der Waals surface area contributed by atoms with Crippen LogP contribution in [0.3, 0.4) is 0 Å². The zero-order valence-corrected chi connectivity index (χ0v) is 39.8. The lowest BCUT2D eigenvalue weighted by molar-refractivity contribution is -0.140. The number of nitrogens with one attached hydrogen (secondary N) is 8. The van der Waals surface area contributed by atoms with E-state index in [9.17, 15) is 62.6 Å². The van der Waals surface area contributed by atoms with Crippen LogP contribution in [0.25, 0.3) is 0 Å². The van der Waals surface area contributed by atoms with Gasteiger partial charge in [0.25, 0.3) is 0 Å². The number of nitrogens with two attached hydrogens (primary N) is 3. The first-order valence-electron chi connectivity index (χ1n) is 23.2. The number of hydrogen-bond donors (Lipinski definition) is 12. The third kappa shape index (κ3) is 18.7. The van der Waals surface area contributed by atoms with Crippen LogP contribution in [-0.4, -0.2) is 150 Å². The molecule has 1 aliphatic carbocycles. The third-order valence-corrected chi connectivity index (χ3v) is 12.3. The van der Waals surface area contributed by atoms with Crippen LogP contribution >= 0.6 is 0 Å². The molecule has 70 heavy (non-hydrogen) atoms. The average Bonchev–Trinajstić information content (AvgIpc) is 3.32. The van der Waals surface area contributed by atoms with E-state index in [0.29, 0.717) is 31.1 Å². The van der Waals surface area contributed by atoms with Crippen molar-refractivity contribution in [3.8, 4) is 5.75 Å². The van der Waals surface area contributed by atoms with Gasteiger partial charge in [0, 0.05) is 32.9 Å². The number of phenolic OH excluding ortho intramolecular Hbond substituents is 1. The van der Waals surface area contributed by atoms with E-state index in [1.54, 1.807) is 13.8 Å². The predicted octanol–water partition coefficient (Wildman–Crippen LogP) is -4.38. The highest BCUT2D eigenvalue weighted by atomic mass is 16.3. The molecule has 25 heteroatoms. The maximum absolute atomic E-state index is 14.2. The second kappa shape index (κ2) is 27.7. The molecule has 1 heterocycles. The van der Waals surface area contributed by atoms with E-state index < -0.39 is 165 Å². The molecule has 7 atom stereocenters. The Morgan fingerprint density at radius 2 is 1.51 bits per heavy atom. The quantitative estimate of drug-likeness (QED) is 0.0619. The Labute approximate surface area is 405 Å². The Kier molecular flexibility index (Phi) is 22.6. The molecule has 0 aromatic heterocycles. The number of carbonyl (C=O) groups excluding carboxylic acids is 12. The van der Waals surface area contributed by atoms with Gasteiger partial charge in [-0.25, -0.2) is 0 Å². The third-order valence-electron chi connectivity index (χ3n) is 12.3. The Bertz CT molecular complexity index is 2080. The summed E-state index contributed by atoms with van der Waals surface area (Å²) in [7, 11) is 1.22. The van der Waals surface area contributed by atoms with E-state index in [1.807, 2.05) is 0 Å². The molecule has 0 bridgehead atoms. The van der Waals surface area contributed by atoms with E-state index in [-0.39, 0.29) is 18.1 Å². The van der Waals surface area contributed by atoms with Crippen LogP contribution in [0.1, 0.15) is 90.0 Å². The molecule has 3 rings (SSSR count). The number of likely N-dealkylation sites (N-methyl/N-ethyl adjacent to an activating group) is 1. The largest absolute Gasteiger partial charge is 0.508 e. The van der Waals surface area contributed by atoms with E-state index in [4.69, 9.17) is 17.2 Å². The molecule has 2 fully saturated rings. The lowest BCUT2D eigenvalue weighted by Crippen LogP contribution is -2.64. The van der Waals surface area contributed by atoms with Crippen LogP contribution < -0.4 is 59.7 Å². The fourth-order valence-electron chi connectivity index (χ4n) is 8.04. The standard InChI is InChI=1S/C45H68N12O13/c1-4-25(2)38-43(69)56-45(24-58,17-16-32(46)60)23-51-30(19-33(47)61)40(66)53-29(14-15-35(63)49-21-36(64)52-31(41(67)55-38)18-26-10-12-28(59)13-11-26)44(70)57(3)22-37(65)54-39(27-8-6-5-7-9-27)42(68)50-20-34(48)62/h10-13,24-25,27,29-31,38-39,51,59H,4-9,14-23H2,1-3H3,(H2,46,60)(H2,47,61)(H2,48,62)(H,49,63)(H,50,68)(H,52,64)(H,53,66)(H,54,65)(H,55,67)(H,56,69). The molecule has 1 aromatic rings. The van der Waals surface area contributed by atoms with Crippen molar-refractivity contribution in [3.05, 3.63) is 29.8 Å². The minimum atomic E-state index is -2.04. The van der Waals surface area contributed by atoms with E-state index >= 15 is 0 Å². The number of benzene rings is 1. The zero-order valence-electron chi connectivity index (χ0n) is 39.8. The van der Waals surface area contributed by atoms with Gasteiger partial charge < -0.3 is 74.5 Å². The number of nitrogens with zero attached hydrogens (tertiary/aromatic N) is 1. The van der Waals surface area contributed by atoms with Crippen LogP contribution in [0.15, 0.2) is 24.3 Å². The van der Waals surface area contributed by atoms with Crippen LogP contribution in [0, 0.1) is 11.8 Å². The van der Waals surface area contributed by atoms with Crippen molar-refractivity contribution in [1.29, 1.82) is 0 Å². The van der Waals surface area contributed by atoms with Gasteiger partial charge in [-0.15, -0.1) is 0 Å². The SMILES string of the molecule is CCC(C)C1NC(=O)C(Cc2ccc(O)cc2)NC(=O)CNC(=O)CCC(C(=O)N(C)CC(=O)NC(C(=O)NCC(N)=O)C2CCCCC2)NC(=O)C(CC(N)=O)NCC(C=O)(CCC(N)=O)NC1=O. The average molecular weight is 985 g/mol. The summed E-state index contributed by atoms with van der Waals surface area (Å²) >= 11 is 0. The van der Waals surface area contributed by atoms with Gasteiger partial charge in [-0.3, -0.25) is 52.7 Å². The molecule has 15 N–H and O–H groups in total. The summed E-state index contributed by atoms with van der Waals surface area (Å²) in [6.07, 6.45) is 1.55. The van der Waals surface area contributed by atoms with E-state index in [1.165, 1.54) is 31.3 Å². The number of aldehydes is 1. The van der Waals surface area contributed by atoms with Crippen molar-refractivity contribution in [2.24, 2.45) is 29.0 Å². The lowest BCUT2D eigenvalue weighted by atomic mass is 9.83. The minimum Gasteiger partial charge on any atom is -0.508 e. The van der Waals surface area contributed by atoms with Crippen LogP contribution in [0.5, 0.6) is 5.75 Å². The Balaban J connectivity index is 2.03. The van der Waals surface area contributed by atoms with Crippen molar-refractivity contribution in [2.75, 3.05) is 33.2 Å². The van der Waals surface area contributed by atoms with Crippen molar-refractivity contribution in [3.63, 3.8) is 0 Å². The van der Waals surface area contributed by atoms with E-state index in [2.05, 4.69) is 42.5 Å². The molecule has 0 spiro atoms. The Morgan fingerprint density at radius 1 is 0.857 bits per heavy atom. The van der Waals surface area contributed by atoms with Crippen molar-refractivity contribution >= 4 is 71.3 Å². The molecule has 1 saturated heterocycles. The summed E-state index contributed by atoms with van der Waals surface area (Å²) in [5.41, 5.74) is 14.6. The summed E-state index contributed by atoms with van der Waals surface area (Å²) in [5, 5.41) is 30.3. The topological polar surface area (TPSA) is 403 Å². The number of rotatable bonds is 18. The highest BCUT2D eigenvalue weighted by molar-refractivity contribution is 5.97. The van der Waals surface area contributed by atoms with Crippen molar-refractivity contribution < 1.29 is 62.6 Å². The highest BCUT2D eigenvalue weighted by Crippen LogP contribution is 2.27. The monoisotopic (exact) mass is 985 g/mol. The molecular weight excluding hydrogens is 917 g/mol. The normalized spacial score (nSPS) is 23.3. The summed E-state index contributed by atoms with van der Waals surface area (Å²) in [6, 6.07) is -1.33. The number of hydrogen-bond acceptors (Lipinski definition) is 14. The van der Waals surface area contributed by atoms with Gasteiger partial charge in [-0.05, 0) is 55.2 Å². The maximum atomic E-state index is 14.2. The van der Waals surface area contributed by atoms with Crippen molar-refractivity contribution in [2.45, 2.75) is 127 Å². The fraction of sp³-hybridized carbons (Fsp3) is 0.600. The summed E-state index contributed by atoms with van der Waals surface area (Å²) < 4.78 is 0. The summed E-state index contributed by atoms with van der Waals surface area (Å²) in [5.74, 6) is -10.5. The minimum absolute atomic E-state index is 0.0700. The Hall–Kier alpha value is -7.18. The van der Waals surface area contributed by atoms with Gasteiger partial charge in [-0.1, -0.05) is 51.7 Å². The first-order chi connectivity index (χ1) is 33.1. The fourth-order valence-corrected chi connectivity index (χ4v) is 8.04. The van der Waals surface area contributed by atoms with Crippen LogP contribution in [-0.2, 0) is 64.0 Å². The number of amides is 11. The molecule has 1 aromatic carbocycles. The predicted molar refractivity (Wildman–Crippen MR) is 249 cm³/mol. The summed E-state index contributed by atoms with van der Waals surface area (Å²) in [6.45, 7) is 0.898. The molecule has 7 unspecified atom stereocenters. The molecule has 25 nitrogen and oxygen atoms in total. The number of primary amides is 3. The van der Waals surface area contributed by atoms with Gasteiger partial charge in [0.05, 0.1) is 32.1 Å². The molecule has 1 aliphatic heterocycles. The highest BCUT2D eigenvalue weighted by Gasteiger charge is 2.39. The first-order valence-corrected chi connectivity index (χ1v) is 23.2. The molecule has 1 saturated carbocycles.